The Bertz CT molecular complexity index is 1880. The molecule has 15 N–H and O–H groups in total. The predicted molar refractivity (Wildman–Crippen MR) is 259 cm³/mol. The first-order chi connectivity index (χ1) is 32.8. The van der Waals surface area contributed by atoms with Crippen LogP contribution >= 0.6 is 0 Å². The molecule has 2 rings (SSSR count). The summed E-state index contributed by atoms with van der Waals surface area (Å²) >= 11 is 0. The van der Waals surface area contributed by atoms with Crippen LogP contribution in [0.15, 0.2) is 4.99 Å². The zero-order valence-electron chi connectivity index (χ0n) is 42.2. The maximum atomic E-state index is 14.3. The molecule has 0 aliphatic carbocycles. The number of nitrogens with zero attached hydrogens (tertiary/aromatic N) is 3. The fraction of sp³-hybridized carbons (Fsp3) is 0.761. The quantitative estimate of drug-likeness (QED) is 0.0220. The third kappa shape index (κ3) is 19.4. The average Bonchev–Trinajstić information content (AvgIpc) is 3.98. The van der Waals surface area contributed by atoms with Gasteiger partial charge in [-0.2, -0.15) is 0 Å². The standard InChI is InChI=1S/C46H81N13O11/c1-9-27(8)37(45(69)70)57-42(66)34-15-12-18-59(34)44(68)32(22-35(48)60)56-40(64)29(19-24(2)3)53-39(63)30(20-25(4)5)54-41(65)33-14-11-17-58(33)43(67)31(21-26(6)7)55-38(62)28(52-36(61)23-47)13-10-16-51-46(49)50/h24-34,37H,9-23,47H2,1-8H3,(H2,48,60)(H,52,61)(H,53,63)(H,54,65)(H,55,62)(H,56,64)(H,57,66)(H,69,70)(H4,49,50,51)/t27-,28-,29-,30-,31-,32-,33-,34-,37-/m0/s1. The summed E-state index contributed by atoms with van der Waals surface area (Å²) in [7, 11) is 0. The van der Waals surface area contributed by atoms with Crippen molar-refractivity contribution in [3.63, 3.8) is 0 Å². The van der Waals surface area contributed by atoms with Gasteiger partial charge in [0.25, 0.3) is 0 Å². The monoisotopic (exact) mass is 992 g/mol. The molecule has 0 saturated carbocycles. The molecule has 2 saturated heterocycles. The van der Waals surface area contributed by atoms with Gasteiger partial charge in [0.05, 0.1) is 13.0 Å². The Hall–Kier alpha value is -6.07. The van der Waals surface area contributed by atoms with Crippen LogP contribution in [0.25, 0.3) is 0 Å². The second-order valence-electron chi connectivity index (χ2n) is 19.7. The van der Waals surface area contributed by atoms with Crippen molar-refractivity contribution in [3.05, 3.63) is 0 Å². The summed E-state index contributed by atoms with van der Waals surface area (Å²) in [6.07, 6.45) is 1.96. The second kappa shape index (κ2) is 29.2. The molecule has 0 aromatic rings. The second-order valence-corrected chi connectivity index (χ2v) is 19.7. The molecule has 0 radical (unpaired) electrons. The van der Waals surface area contributed by atoms with Crippen LogP contribution in [0.5, 0.6) is 0 Å². The van der Waals surface area contributed by atoms with Crippen molar-refractivity contribution >= 4 is 65.1 Å². The number of carboxylic acid groups (broad SMARTS) is 1. The van der Waals surface area contributed by atoms with Gasteiger partial charge in [0.15, 0.2) is 5.96 Å². The number of rotatable bonds is 29. The summed E-state index contributed by atoms with van der Waals surface area (Å²) in [6.45, 7) is 14.5. The molecule has 0 aromatic heterocycles. The van der Waals surface area contributed by atoms with E-state index in [0.717, 1.165) is 0 Å². The number of hydrogen-bond donors (Lipinski definition) is 11. The lowest BCUT2D eigenvalue weighted by Gasteiger charge is -2.32. The first-order valence-corrected chi connectivity index (χ1v) is 24.5. The van der Waals surface area contributed by atoms with Crippen LogP contribution < -0.4 is 54.8 Å². The number of primary amides is 1. The molecule has 0 unspecified atom stereocenters. The van der Waals surface area contributed by atoms with E-state index in [1.807, 2.05) is 27.7 Å². The maximum absolute atomic E-state index is 14.3. The molecule has 2 aliphatic heterocycles. The van der Waals surface area contributed by atoms with E-state index in [1.165, 1.54) is 9.80 Å². The molecule has 70 heavy (non-hydrogen) atoms. The molecule has 0 bridgehead atoms. The number of likely N-dealkylation sites (tertiary alicyclic amines) is 2. The molecule has 2 aliphatic rings. The van der Waals surface area contributed by atoms with Crippen LogP contribution in [0, 0.1) is 23.7 Å². The lowest BCUT2D eigenvalue weighted by atomic mass is 9.98. The molecule has 9 amide bonds. The highest BCUT2D eigenvalue weighted by Gasteiger charge is 2.42. The molecule has 2 fully saturated rings. The number of guanidine groups is 1. The van der Waals surface area contributed by atoms with Gasteiger partial charge in [0.2, 0.25) is 53.2 Å². The first-order valence-electron chi connectivity index (χ1n) is 24.5. The highest BCUT2D eigenvalue weighted by molar-refractivity contribution is 5.99. The van der Waals surface area contributed by atoms with Gasteiger partial charge >= 0.3 is 5.97 Å². The van der Waals surface area contributed by atoms with E-state index < -0.39 is 120 Å². The fourth-order valence-corrected chi connectivity index (χ4v) is 8.55. The molecular weight excluding hydrogens is 911 g/mol. The molecule has 396 valence electrons. The number of nitrogens with two attached hydrogens (primary N) is 4. The zero-order valence-corrected chi connectivity index (χ0v) is 42.2. The Labute approximate surface area is 411 Å². The lowest BCUT2D eigenvalue weighted by molar-refractivity contribution is -0.146. The highest BCUT2D eigenvalue weighted by Crippen LogP contribution is 2.23. The molecule has 0 aromatic carbocycles. The third-order valence-corrected chi connectivity index (χ3v) is 12.3. The predicted octanol–water partition coefficient (Wildman–Crippen LogP) is -1.97. The molecule has 24 nitrogen and oxygen atoms in total. The summed E-state index contributed by atoms with van der Waals surface area (Å²) in [5, 5.41) is 25.7. The van der Waals surface area contributed by atoms with Gasteiger partial charge in [0.1, 0.15) is 48.3 Å². The number of amides is 9. The number of aliphatic carboxylic acids is 1. The number of carbonyl (C=O) groups is 10. The smallest absolute Gasteiger partial charge is 0.326 e. The Balaban J connectivity index is 2.33. The van der Waals surface area contributed by atoms with Crippen LogP contribution in [0.3, 0.4) is 0 Å². The maximum Gasteiger partial charge on any atom is 0.326 e. The summed E-state index contributed by atoms with van der Waals surface area (Å²) in [4.78, 5) is 141. The van der Waals surface area contributed by atoms with Gasteiger partial charge in [-0.25, -0.2) is 4.79 Å². The summed E-state index contributed by atoms with van der Waals surface area (Å²) in [6, 6.07) is -9.47. The van der Waals surface area contributed by atoms with E-state index in [9.17, 15) is 53.1 Å². The molecular formula is C46H81N13O11. The van der Waals surface area contributed by atoms with Gasteiger partial charge in [-0.3, -0.25) is 48.1 Å². The van der Waals surface area contributed by atoms with Gasteiger partial charge in [-0.1, -0.05) is 61.8 Å². The van der Waals surface area contributed by atoms with Crippen LogP contribution in [0.2, 0.25) is 0 Å². The SMILES string of the molecule is CC[C@H](C)[C@H](NC(=O)[C@@H]1CCCN1C(=O)[C@H](CC(N)=O)NC(=O)[C@H](CC(C)C)NC(=O)[C@H](CC(C)C)NC(=O)[C@@H]1CCCN1C(=O)[C@H](CC(C)C)NC(=O)[C@H](CCCN=C(N)N)NC(=O)CN)C(=O)O. The summed E-state index contributed by atoms with van der Waals surface area (Å²) in [5.74, 6) is -8.55. The van der Waals surface area contributed by atoms with Crippen molar-refractivity contribution in [2.24, 2.45) is 51.6 Å². The number of nitrogens with one attached hydrogen (secondary N) is 6. The molecule has 24 heteroatoms. The van der Waals surface area contributed by atoms with Crippen molar-refractivity contribution in [1.29, 1.82) is 0 Å². The Kier molecular flexibility index (Phi) is 25.0. The highest BCUT2D eigenvalue weighted by atomic mass is 16.4. The fourth-order valence-electron chi connectivity index (χ4n) is 8.55. The normalized spacial score (nSPS) is 18.7. The van der Waals surface area contributed by atoms with E-state index in [2.05, 4.69) is 36.9 Å². The molecule has 0 spiro atoms. The number of carboxylic acids is 1. The average molecular weight is 992 g/mol. The van der Waals surface area contributed by atoms with E-state index in [4.69, 9.17) is 22.9 Å². The van der Waals surface area contributed by atoms with Crippen LogP contribution in [0.4, 0.5) is 0 Å². The minimum atomic E-state index is -1.54. The largest absolute Gasteiger partial charge is 0.480 e. The van der Waals surface area contributed by atoms with Crippen molar-refractivity contribution < 1.29 is 53.1 Å². The Morgan fingerprint density at radius 3 is 1.51 bits per heavy atom. The van der Waals surface area contributed by atoms with Crippen LogP contribution in [-0.4, -0.2) is 155 Å². The van der Waals surface area contributed by atoms with Gasteiger partial charge < -0.3 is 69.7 Å². The van der Waals surface area contributed by atoms with E-state index in [1.54, 1.807) is 27.7 Å². The van der Waals surface area contributed by atoms with Crippen LogP contribution in [-0.2, 0) is 47.9 Å². The molecule has 9 atom stereocenters. The van der Waals surface area contributed by atoms with Crippen molar-refractivity contribution in [2.75, 3.05) is 26.2 Å². The minimum Gasteiger partial charge on any atom is -0.480 e. The summed E-state index contributed by atoms with van der Waals surface area (Å²) in [5.41, 5.74) is 21.9. The lowest BCUT2D eigenvalue weighted by Crippen LogP contribution is -2.60. The zero-order chi connectivity index (χ0) is 53.0. The Morgan fingerprint density at radius 2 is 1.06 bits per heavy atom. The molecule has 2 heterocycles. The first kappa shape index (κ1) is 60.1. The van der Waals surface area contributed by atoms with Crippen molar-refractivity contribution in [3.8, 4) is 0 Å². The number of carbonyl (C=O) groups excluding carboxylic acids is 9. The van der Waals surface area contributed by atoms with Gasteiger partial charge in [-0.05, 0) is 81.5 Å². The van der Waals surface area contributed by atoms with Crippen molar-refractivity contribution in [1.82, 2.24) is 41.7 Å². The Morgan fingerprint density at radius 1 is 0.614 bits per heavy atom. The van der Waals surface area contributed by atoms with E-state index in [-0.39, 0.29) is 88.4 Å². The van der Waals surface area contributed by atoms with Gasteiger partial charge in [-0.15, -0.1) is 0 Å². The van der Waals surface area contributed by atoms with E-state index >= 15 is 0 Å². The number of aliphatic imine (C=N–C) groups is 1. The van der Waals surface area contributed by atoms with Crippen LogP contribution in [0.1, 0.15) is 126 Å². The third-order valence-electron chi connectivity index (χ3n) is 12.3. The van der Waals surface area contributed by atoms with E-state index in [0.29, 0.717) is 25.7 Å². The van der Waals surface area contributed by atoms with Crippen molar-refractivity contribution in [2.45, 2.75) is 174 Å². The topological polar surface area (TPSA) is 386 Å². The minimum absolute atomic E-state index is 0.0687. The van der Waals surface area contributed by atoms with Gasteiger partial charge in [0, 0.05) is 19.6 Å². The number of hydrogen-bond acceptors (Lipinski definition) is 12. The summed E-state index contributed by atoms with van der Waals surface area (Å²) < 4.78 is 0.